The molecule has 4 nitrogen and oxygen atoms in total. The van der Waals surface area contributed by atoms with Crippen LogP contribution in [0.15, 0.2) is 12.1 Å². The van der Waals surface area contributed by atoms with Gasteiger partial charge in [0.25, 0.3) is 0 Å². The fourth-order valence-corrected chi connectivity index (χ4v) is 1.71. The van der Waals surface area contributed by atoms with E-state index in [0.29, 0.717) is 10.8 Å². The molecule has 0 aliphatic heterocycles. The van der Waals surface area contributed by atoms with Crippen molar-refractivity contribution in [1.82, 2.24) is 9.88 Å². The third kappa shape index (κ3) is 4.24. The molecular weight excluding hydrogens is 224 g/mol. The van der Waals surface area contributed by atoms with Crippen molar-refractivity contribution >= 4 is 23.1 Å². The Bertz CT molecular complexity index is 306. The molecule has 0 atom stereocenters. The highest BCUT2D eigenvalue weighted by Crippen LogP contribution is 2.15. The highest BCUT2D eigenvalue weighted by atomic mass is 35.5. The maximum absolute atomic E-state index is 5.80. The number of nitrogens with one attached hydrogen (secondary N) is 1. The smallest absolute Gasteiger partial charge is 0.133 e. The van der Waals surface area contributed by atoms with Gasteiger partial charge in [-0.3, -0.25) is 0 Å². The quantitative estimate of drug-likeness (QED) is 0.750. The molecule has 1 rings (SSSR count). The number of aromatic nitrogens is 1. The van der Waals surface area contributed by atoms with Gasteiger partial charge in [0.15, 0.2) is 0 Å². The van der Waals surface area contributed by atoms with E-state index in [1.807, 2.05) is 0 Å². The van der Waals surface area contributed by atoms with Crippen LogP contribution in [0.4, 0.5) is 11.5 Å². The van der Waals surface area contributed by atoms with E-state index in [2.05, 4.69) is 29.0 Å². The summed E-state index contributed by atoms with van der Waals surface area (Å²) in [6.07, 6.45) is 0. The Kier molecular flexibility index (Phi) is 5.35. The summed E-state index contributed by atoms with van der Waals surface area (Å²) in [6, 6.07) is 3.42. The summed E-state index contributed by atoms with van der Waals surface area (Å²) in [7, 11) is 0. The van der Waals surface area contributed by atoms with Crippen molar-refractivity contribution in [2.45, 2.75) is 13.8 Å². The summed E-state index contributed by atoms with van der Waals surface area (Å²) in [6.45, 7) is 8.25. The predicted octanol–water partition coefficient (Wildman–Crippen LogP) is 2.07. The van der Waals surface area contributed by atoms with Gasteiger partial charge in [-0.1, -0.05) is 25.4 Å². The van der Waals surface area contributed by atoms with Gasteiger partial charge in [-0.05, 0) is 19.2 Å². The maximum atomic E-state index is 5.80. The number of pyridine rings is 1. The van der Waals surface area contributed by atoms with Gasteiger partial charge in [0.1, 0.15) is 11.0 Å². The molecule has 0 aliphatic rings. The monoisotopic (exact) mass is 242 g/mol. The second-order valence-corrected chi connectivity index (χ2v) is 3.95. The third-order valence-corrected chi connectivity index (χ3v) is 2.64. The van der Waals surface area contributed by atoms with E-state index in [0.717, 1.165) is 32.0 Å². The van der Waals surface area contributed by atoms with Crippen LogP contribution in [0.5, 0.6) is 0 Å². The molecule has 0 saturated carbocycles. The maximum Gasteiger partial charge on any atom is 0.133 e. The van der Waals surface area contributed by atoms with Crippen molar-refractivity contribution in [2.24, 2.45) is 0 Å². The third-order valence-electron chi connectivity index (χ3n) is 2.44. The van der Waals surface area contributed by atoms with Gasteiger partial charge in [0, 0.05) is 24.8 Å². The molecule has 5 heteroatoms. The molecule has 0 fully saturated rings. The Morgan fingerprint density at radius 2 is 2.06 bits per heavy atom. The minimum Gasteiger partial charge on any atom is -0.399 e. The van der Waals surface area contributed by atoms with Crippen molar-refractivity contribution in [3.8, 4) is 0 Å². The first-order chi connectivity index (χ1) is 7.65. The number of anilines is 2. The van der Waals surface area contributed by atoms with Gasteiger partial charge in [-0.15, -0.1) is 0 Å². The number of hydrogen-bond donors (Lipinski definition) is 2. The van der Waals surface area contributed by atoms with Crippen molar-refractivity contribution in [1.29, 1.82) is 0 Å². The zero-order valence-corrected chi connectivity index (χ0v) is 10.6. The lowest BCUT2D eigenvalue weighted by molar-refractivity contribution is 0.316. The number of rotatable bonds is 6. The fraction of sp³-hybridized carbons (Fsp3) is 0.545. The topological polar surface area (TPSA) is 54.2 Å². The van der Waals surface area contributed by atoms with Gasteiger partial charge in [0.05, 0.1) is 0 Å². The predicted molar refractivity (Wildman–Crippen MR) is 69.9 cm³/mol. The van der Waals surface area contributed by atoms with Gasteiger partial charge in [0.2, 0.25) is 0 Å². The Hall–Kier alpha value is -1.00. The highest BCUT2D eigenvalue weighted by molar-refractivity contribution is 6.29. The minimum atomic E-state index is 0.422. The first-order valence-corrected chi connectivity index (χ1v) is 5.92. The van der Waals surface area contributed by atoms with E-state index in [9.17, 15) is 0 Å². The van der Waals surface area contributed by atoms with E-state index < -0.39 is 0 Å². The van der Waals surface area contributed by atoms with Gasteiger partial charge in [-0.2, -0.15) is 0 Å². The van der Waals surface area contributed by atoms with Gasteiger partial charge < -0.3 is 16.0 Å². The Balaban J connectivity index is 2.42. The Morgan fingerprint density at radius 3 is 2.62 bits per heavy atom. The van der Waals surface area contributed by atoms with E-state index in [-0.39, 0.29) is 0 Å². The van der Waals surface area contributed by atoms with Crippen LogP contribution in [0.25, 0.3) is 0 Å². The molecule has 1 aromatic heterocycles. The number of likely N-dealkylation sites (N-methyl/N-ethyl adjacent to an activating group) is 1. The SMILES string of the molecule is CCN(CC)CCNc1cc(N)cc(Cl)n1. The van der Waals surface area contributed by atoms with Crippen LogP contribution in [-0.4, -0.2) is 36.1 Å². The van der Waals surface area contributed by atoms with Crippen molar-refractivity contribution in [2.75, 3.05) is 37.2 Å². The van der Waals surface area contributed by atoms with Crippen molar-refractivity contribution in [3.63, 3.8) is 0 Å². The Morgan fingerprint density at radius 1 is 1.38 bits per heavy atom. The highest BCUT2D eigenvalue weighted by Gasteiger charge is 2.00. The summed E-state index contributed by atoms with van der Waals surface area (Å²) in [5, 5.41) is 3.63. The number of halogens is 1. The van der Waals surface area contributed by atoms with Crippen LogP contribution < -0.4 is 11.1 Å². The summed E-state index contributed by atoms with van der Waals surface area (Å²) in [5.74, 6) is 0.733. The molecule has 3 N–H and O–H groups in total. The lowest BCUT2D eigenvalue weighted by Crippen LogP contribution is -2.28. The van der Waals surface area contributed by atoms with Gasteiger partial charge >= 0.3 is 0 Å². The number of nitrogen functional groups attached to an aromatic ring is 1. The van der Waals surface area contributed by atoms with E-state index in [1.54, 1.807) is 12.1 Å². The summed E-state index contributed by atoms with van der Waals surface area (Å²) < 4.78 is 0. The van der Waals surface area contributed by atoms with Crippen LogP contribution in [0.2, 0.25) is 5.15 Å². The zero-order valence-electron chi connectivity index (χ0n) is 9.83. The van der Waals surface area contributed by atoms with Crippen molar-refractivity contribution < 1.29 is 0 Å². The number of hydrogen-bond acceptors (Lipinski definition) is 4. The molecule has 1 aromatic rings. The molecule has 0 aromatic carbocycles. The Labute approximate surface area is 102 Å². The van der Waals surface area contributed by atoms with Crippen LogP contribution in [-0.2, 0) is 0 Å². The summed E-state index contributed by atoms with van der Waals surface area (Å²) in [4.78, 5) is 6.47. The van der Waals surface area contributed by atoms with E-state index >= 15 is 0 Å². The lowest BCUT2D eigenvalue weighted by Gasteiger charge is -2.18. The van der Waals surface area contributed by atoms with Crippen LogP contribution in [0, 0.1) is 0 Å². The lowest BCUT2D eigenvalue weighted by atomic mass is 10.4. The van der Waals surface area contributed by atoms with E-state index in [4.69, 9.17) is 17.3 Å². The van der Waals surface area contributed by atoms with Gasteiger partial charge in [-0.25, -0.2) is 4.98 Å². The summed E-state index contributed by atoms with van der Waals surface area (Å²) >= 11 is 5.80. The molecule has 0 amide bonds. The largest absolute Gasteiger partial charge is 0.399 e. The molecular formula is C11H19ClN4. The van der Waals surface area contributed by atoms with Crippen LogP contribution in [0.1, 0.15) is 13.8 Å². The first-order valence-electron chi connectivity index (χ1n) is 5.55. The van der Waals surface area contributed by atoms with Crippen LogP contribution in [0.3, 0.4) is 0 Å². The standard InChI is InChI=1S/C11H19ClN4/c1-3-16(4-2)6-5-14-11-8-9(13)7-10(12)15-11/h7-8H,3-6H2,1-2H3,(H3,13,14,15). The average molecular weight is 243 g/mol. The number of nitrogens with zero attached hydrogens (tertiary/aromatic N) is 2. The number of nitrogens with two attached hydrogens (primary N) is 1. The summed E-state index contributed by atoms with van der Waals surface area (Å²) in [5.41, 5.74) is 6.30. The molecule has 1 heterocycles. The second-order valence-electron chi connectivity index (χ2n) is 3.56. The molecule has 0 bridgehead atoms. The van der Waals surface area contributed by atoms with E-state index in [1.165, 1.54) is 0 Å². The molecule has 0 unspecified atom stereocenters. The van der Waals surface area contributed by atoms with Crippen LogP contribution >= 0.6 is 11.6 Å². The minimum absolute atomic E-state index is 0.422. The molecule has 16 heavy (non-hydrogen) atoms. The fourth-order valence-electron chi connectivity index (χ4n) is 1.49. The molecule has 90 valence electrons. The normalized spacial score (nSPS) is 10.8. The molecule has 0 aliphatic carbocycles. The second kappa shape index (κ2) is 6.55. The molecule has 0 saturated heterocycles. The molecule has 0 radical (unpaired) electrons. The molecule has 0 spiro atoms. The average Bonchev–Trinajstić information content (AvgIpc) is 2.23. The van der Waals surface area contributed by atoms with Crippen molar-refractivity contribution in [3.05, 3.63) is 17.3 Å². The first kappa shape index (κ1) is 13.1. The zero-order chi connectivity index (χ0) is 12.0.